The third-order valence-electron chi connectivity index (χ3n) is 2.84. The van der Waals surface area contributed by atoms with Crippen molar-refractivity contribution in [1.29, 1.82) is 0 Å². The van der Waals surface area contributed by atoms with Crippen LogP contribution >= 0.6 is 0 Å². The van der Waals surface area contributed by atoms with Crippen molar-refractivity contribution in [3.63, 3.8) is 0 Å². The van der Waals surface area contributed by atoms with E-state index in [2.05, 4.69) is 50.8 Å². The van der Waals surface area contributed by atoms with Crippen molar-refractivity contribution in [3.05, 3.63) is 29.3 Å². The summed E-state index contributed by atoms with van der Waals surface area (Å²) in [6.07, 6.45) is 2.43. The van der Waals surface area contributed by atoms with E-state index in [9.17, 15) is 0 Å². The van der Waals surface area contributed by atoms with Gasteiger partial charge in [-0.1, -0.05) is 33.8 Å². The number of hydrogen-bond acceptors (Lipinski definition) is 1. The molecule has 98 valence electrons. The summed E-state index contributed by atoms with van der Waals surface area (Å²) in [6, 6.07) is 6.78. The van der Waals surface area contributed by atoms with Crippen LogP contribution in [0.1, 0.15) is 51.7 Å². The summed E-state index contributed by atoms with van der Waals surface area (Å²) in [5.41, 5.74) is 4.15. The van der Waals surface area contributed by atoms with Gasteiger partial charge in [0.2, 0.25) is 0 Å². The molecule has 0 unspecified atom stereocenters. The van der Waals surface area contributed by atoms with Crippen LogP contribution in [0, 0.1) is 13.8 Å². The summed E-state index contributed by atoms with van der Waals surface area (Å²) >= 11 is 0. The second-order valence-corrected chi connectivity index (χ2v) is 4.26. The summed E-state index contributed by atoms with van der Waals surface area (Å²) in [6.45, 7) is 15.2. The van der Waals surface area contributed by atoms with Gasteiger partial charge in [0.15, 0.2) is 0 Å². The Labute approximate surface area is 108 Å². The van der Waals surface area contributed by atoms with E-state index in [0.717, 1.165) is 13.1 Å². The van der Waals surface area contributed by atoms with Crippen molar-refractivity contribution in [2.24, 2.45) is 0 Å². The first-order valence-corrected chi connectivity index (χ1v) is 7.01. The maximum absolute atomic E-state index is 2.48. The fourth-order valence-corrected chi connectivity index (χ4v) is 1.83. The van der Waals surface area contributed by atoms with Crippen LogP contribution in [0.15, 0.2) is 18.2 Å². The fraction of sp³-hybridized carbons (Fsp3) is 0.625. The molecule has 0 saturated carbocycles. The van der Waals surface area contributed by atoms with E-state index >= 15 is 0 Å². The second-order valence-electron chi connectivity index (χ2n) is 4.26. The van der Waals surface area contributed by atoms with Gasteiger partial charge in [-0.3, -0.25) is 0 Å². The lowest BCUT2D eigenvalue weighted by atomic mass is 10.1. The Morgan fingerprint density at radius 3 is 1.82 bits per heavy atom. The zero-order chi connectivity index (χ0) is 13.3. The molecule has 1 heteroatoms. The van der Waals surface area contributed by atoms with E-state index in [1.165, 1.54) is 29.7 Å². The van der Waals surface area contributed by atoms with Gasteiger partial charge in [0.1, 0.15) is 0 Å². The molecule has 0 heterocycles. The topological polar surface area (TPSA) is 3.24 Å². The van der Waals surface area contributed by atoms with Gasteiger partial charge in [0.05, 0.1) is 0 Å². The van der Waals surface area contributed by atoms with Crippen molar-refractivity contribution >= 4 is 5.69 Å². The van der Waals surface area contributed by atoms with Gasteiger partial charge in [-0.15, -0.1) is 0 Å². The van der Waals surface area contributed by atoms with Gasteiger partial charge in [-0.2, -0.15) is 0 Å². The molecule has 0 N–H and O–H groups in total. The first-order chi connectivity index (χ1) is 8.19. The molecule has 0 atom stereocenters. The minimum absolute atomic E-state index is 1.16. The lowest BCUT2D eigenvalue weighted by molar-refractivity contribution is 0.744. The molecule has 0 spiro atoms. The highest BCUT2D eigenvalue weighted by atomic mass is 15.1. The molecule has 1 nitrogen and oxygen atoms in total. The van der Waals surface area contributed by atoms with Gasteiger partial charge in [0.25, 0.3) is 0 Å². The number of rotatable bonds is 5. The maximum Gasteiger partial charge on any atom is 0.0369 e. The molecule has 0 aliphatic rings. The number of hydrogen-bond donors (Lipinski definition) is 0. The minimum Gasteiger partial charge on any atom is -0.372 e. The zero-order valence-corrected chi connectivity index (χ0v) is 12.5. The predicted molar refractivity (Wildman–Crippen MR) is 80.1 cm³/mol. The Kier molecular flexibility index (Phi) is 8.57. The molecule has 0 aliphatic heterocycles. The Morgan fingerprint density at radius 2 is 1.41 bits per heavy atom. The molecular weight excluding hydrogens is 206 g/mol. The van der Waals surface area contributed by atoms with E-state index in [1.807, 2.05) is 13.8 Å². The fourth-order valence-electron chi connectivity index (χ4n) is 1.83. The van der Waals surface area contributed by atoms with Crippen LogP contribution in [0.2, 0.25) is 0 Å². The second kappa shape index (κ2) is 9.09. The molecule has 0 aromatic heterocycles. The number of anilines is 1. The molecule has 17 heavy (non-hydrogen) atoms. The van der Waals surface area contributed by atoms with E-state index in [0.29, 0.717) is 0 Å². The molecule has 1 aromatic rings. The summed E-state index contributed by atoms with van der Waals surface area (Å²) in [7, 11) is 0. The van der Waals surface area contributed by atoms with E-state index in [1.54, 1.807) is 0 Å². The average Bonchev–Trinajstić information content (AvgIpc) is 2.35. The highest BCUT2D eigenvalue weighted by molar-refractivity contribution is 5.50. The summed E-state index contributed by atoms with van der Waals surface area (Å²) in [5, 5.41) is 0. The van der Waals surface area contributed by atoms with Crippen LogP contribution in [-0.2, 0) is 0 Å². The monoisotopic (exact) mass is 235 g/mol. The van der Waals surface area contributed by atoms with Crippen molar-refractivity contribution in [3.8, 4) is 0 Å². The first-order valence-electron chi connectivity index (χ1n) is 7.01. The van der Waals surface area contributed by atoms with Crippen LogP contribution in [0.4, 0.5) is 5.69 Å². The van der Waals surface area contributed by atoms with E-state index in [4.69, 9.17) is 0 Å². The van der Waals surface area contributed by atoms with Crippen LogP contribution in [0.25, 0.3) is 0 Å². The van der Waals surface area contributed by atoms with Crippen molar-refractivity contribution in [2.75, 3.05) is 18.0 Å². The minimum atomic E-state index is 1.16. The van der Waals surface area contributed by atoms with Gasteiger partial charge < -0.3 is 4.90 Å². The maximum atomic E-state index is 2.48. The summed E-state index contributed by atoms with van der Waals surface area (Å²) < 4.78 is 0. The lowest BCUT2D eigenvalue weighted by Gasteiger charge is -2.24. The lowest BCUT2D eigenvalue weighted by Crippen LogP contribution is -2.24. The normalized spacial score (nSPS) is 9.53. The van der Waals surface area contributed by atoms with Gasteiger partial charge >= 0.3 is 0 Å². The SMILES string of the molecule is CC.CCCN(CCC)c1ccc(C)c(C)c1. The van der Waals surface area contributed by atoms with Crippen LogP contribution in [-0.4, -0.2) is 13.1 Å². The van der Waals surface area contributed by atoms with Crippen molar-refractivity contribution in [1.82, 2.24) is 0 Å². The zero-order valence-electron chi connectivity index (χ0n) is 12.5. The van der Waals surface area contributed by atoms with Crippen LogP contribution in [0.5, 0.6) is 0 Å². The molecule has 0 aliphatic carbocycles. The number of benzene rings is 1. The Balaban J connectivity index is 0.00000121. The molecule has 0 bridgehead atoms. The van der Waals surface area contributed by atoms with Crippen LogP contribution in [0.3, 0.4) is 0 Å². The predicted octanol–water partition coefficient (Wildman–Crippen LogP) is 4.96. The van der Waals surface area contributed by atoms with Gasteiger partial charge in [-0.25, -0.2) is 0 Å². The van der Waals surface area contributed by atoms with E-state index < -0.39 is 0 Å². The smallest absolute Gasteiger partial charge is 0.0369 e. The van der Waals surface area contributed by atoms with Crippen molar-refractivity contribution < 1.29 is 0 Å². The van der Waals surface area contributed by atoms with E-state index in [-0.39, 0.29) is 0 Å². The van der Waals surface area contributed by atoms with Crippen molar-refractivity contribution in [2.45, 2.75) is 54.4 Å². The molecule has 1 aromatic carbocycles. The summed E-state index contributed by atoms with van der Waals surface area (Å²) in [5.74, 6) is 0. The third-order valence-corrected chi connectivity index (χ3v) is 2.84. The highest BCUT2D eigenvalue weighted by Gasteiger charge is 2.04. The third kappa shape index (κ3) is 5.25. The molecule has 0 saturated heterocycles. The number of aryl methyl sites for hydroxylation is 2. The van der Waals surface area contributed by atoms with Crippen LogP contribution < -0.4 is 4.90 Å². The molecule has 0 radical (unpaired) electrons. The first kappa shape index (κ1) is 16.0. The van der Waals surface area contributed by atoms with Gasteiger partial charge in [-0.05, 0) is 49.9 Å². The quantitative estimate of drug-likeness (QED) is 0.697. The average molecular weight is 235 g/mol. The largest absolute Gasteiger partial charge is 0.372 e. The Bertz CT molecular complexity index is 298. The molecule has 0 amide bonds. The molecule has 1 rings (SSSR count). The molecular formula is C16H29N. The van der Waals surface area contributed by atoms with Gasteiger partial charge in [0, 0.05) is 18.8 Å². The highest BCUT2D eigenvalue weighted by Crippen LogP contribution is 2.19. The molecule has 0 fully saturated rings. The Morgan fingerprint density at radius 1 is 0.882 bits per heavy atom. The Hall–Kier alpha value is -0.980. The summed E-state index contributed by atoms with van der Waals surface area (Å²) in [4.78, 5) is 2.48. The standard InChI is InChI=1S/C14H23N.C2H6/c1-5-9-15(10-6-2)14-8-7-12(3)13(4)11-14;1-2/h7-8,11H,5-6,9-10H2,1-4H3;1-2H3. The number of nitrogens with zero attached hydrogens (tertiary/aromatic N) is 1.